The van der Waals surface area contributed by atoms with Crippen LogP contribution in [0.2, 0.25) is 0 Å². The van der Waals surface area contributed by atoms with Crippen molar-refractivity contribution < 1.29 is 30.3 Å². The molecule has 21 heavy (non-hydrogen) atoms. The molecule has 124 valence electrons. The Bertz CT molecular complexity index is 336. The average molecular weight is 330 g/mol. The highest BCUT2D eigenvalue weighted by Crippen LogP contribution is 2.08. The van der Waals surface area contributed by atoms with Crippen molar-refractivity contribution in [3.05, 3.63) is 4.91 Å². The Labute approximate surface area is 126 Å². The van der Waals surface area contributed by atoms with Gasteiger partial charge in [-0.05, 0) is 0 Å². The van der Waals surface area contributed by atoms with Gasteiger partial charge in [0.1, 0.15) is 24.4 Å². The largest absolute Gasteiger partial charge is 0.394 e. The molecule has 0 unspecified atom stereocenters. The summed E-state index contributed by atoms with van der Waals surface area (Å²) in [6.45, 7) is -1.37. The van der Waals surface area contributed by atoms with E-state index < -0.39 is 43.6 Å². The van der Waals surface area contributed by atoms with E-state index >= 15 is 0 Å². The molecule has 0 spiro atoms. The third kappa shape index (κ3) is 6.08. The summed E-state index contributed by atoms with van der Waals surface area (Å²) >= 11 is 5.39. The molecule has 0 aromatic carbocycles. The summed E-state index contributed by atoms with van der Waals surface area (Å²) in [6.07, 6.45) is -6.84. The van der Waals surface area contributed by atoms with E-state index in [1.807, 2.05) is 0 Å². The number of nitrogens with zero attached hydrogens (tertiary/aromatic N) is 3. The van der Waals surface area contributed by atoms with Crippen molar-refractivity contribution in [2.75, 3.05) is 32.6 Å². The molecule has 0 heterocycles. The Hall–Kier alpha value is -1.04. The van der Waals surface area contributed by atoms with Crippen molar-refractivity contribution in [3.8, 4) is 0 Å². The van der Waals surface area contributed by atoms with Crippen LogP contribution in [-0.2, 0) is 0 Å². The van der Waals surface area contributed by atoms with E-state index in [4.69, 9.17) is 21.8 Å². The highest BCUT2D eigenvalue weighted by molar-refractivity contribution is 6.18. The van der Waals surface area contributed by atoms with Crippen LogP contribution in [0.4, 0.5) is 4.79 Å². The first-order valence-corrected chi connectivity index (χ1v) is 6.58. The number of hydrogen-bond acceptors (Lipinski definition) is 8. The highest BCUT2D eigenvalue weighted by Gasteiger charge is 2.32. The summed E-state index contributed by atoms with van der Waals surface area (Å²) in [7, 11) is 1.24. The molecule has 0 aliphatic heterocycles. The molecular formula is C10H20ClN3O7. The molecule has 10 nitrogen and oxygen atoms in total. The van der Waals surface area contributed by atoms with E-state index in [0.717, 1.165) is 4.90 Å². The van der Waals surface area contributed by atoms with Crippen LogP contribution in [-0.4, -0.2) is 98.5 Å². The fourth-order valence-electron chi connectivity index (χ4n) is 1.48. The zero-order valence-electron chi connectivity index (χ0n) is 11.4. The van der Waals surface area contributed by atoms with Crippen LogP contribution < -0.4 is 0 Å². The van der Waals surface area contributed by atoms with E-state index in [2.05, 4.69) is 5.29 Å². The third-order valence-electron chi connectivity index (χ3n) is 2.73. The summed E-state index contributed by atoms with van der Waals surface area (Å²) < 4.78 is 0. The molecule has 0 saturated carbocycles. The first-order valence-electron chi connectivity index (χ1n) is 6.05. The minimum absolute atomic E-state index is 0.0160. The van der Waals surface area contributed by atoms with Gasteiger partial charge >= 0.3 is 6.03 Å². The highest BCUT2D eigenvalue weighted by atomic mass is 35.5. The first kappa shape index (κ1) is 20.0. The van der Waals surface area contributed by atoms with E-state index in [9.17, 15) is 25.0 Å². The monoisotopic (exact) mass is 329 g/mol. The number of carbonyl (C=O) groups excluding carboxylic acids is 1. The Morgan fingerprint density at radius 3 is 2.14 bits per heavy atom. The molecule has 11 heteroatoms. The number of alkyl halides is 1. The number of nitroso groups, excluding NO2 is 1. The summed E-state index contributed by atoms with van der Waals surface area (Å²) in [4.78, 5) is 23.1. The maximum Gasteiger partial charge on any atom is 0.342 e. The molecule has 2 amide bonds. The number of halogens is 1. The predicted molar refractivity (Wildman–Crippen MR) is 72.4 cm³/mol. The maximum absolute atomic E-state index is 11.7. The number of likely N-dealkylation sites (N-methyl/N-ethyl adjacent to an activating group) is 1. The lowest BCUT2D eigenvalue weighted by Crippen LogP contribution is -2.51. The predicted octanol–water partition coefficient (Wildman–Crippen LogP) is -2.30. The van der Waals surface area contributed by atoms with Gasteiger partial charge in [0.15, 0.2) is 0 Å². The van der Waals surface area contributed by atoms with Crippen LogP contribution in [0.5, 0.6) is 0 Å². The van der Waals surface area contributed by atoms with Crippen LogP contribution >= 0.6 is 11.6 Å². The molecule has 0 rings (SSSR count). The van der Waals surface area contributed by atoms with E-state index in [1.165, 1.54) is 7.05 Å². The van der Waals surface area contributed by atoms with Crippen LogP contribution in [0.1, 0.15) is 0 Å². The number of urea groups is 1. The number of rotatable bonds is 9. The van der Waals surface area contributed by atoms with Crippen molar-refractivity contribution in [2.24, 2.45) is 5.29 Å². The molecule has 0 bridgehead atoms. The van der Waals surface area contributed by atoms with Gasteiger partial charge in [-0.15, -0.1) is 16.5 Å². The van der Waals surface area contributed by atoms with Crippen molar-refractivity contribution >= 4 is 17.6 Å². The normalized spacial score (nSPS) is 16.7. The van der Waals surface area contributed by atoms with Gasteiger partial charge < -0.3 is 30.4 Å². The Kier molecular flexibility index (Phi) is 9.33. The zero-order valence-corrected chi connectivity index (χ0v) is 12.2. The van der Waals surface area contributed by atoms with Crippen LogP contribution in [0.3, 0.4) is 0 Å². The quantitative estimate of drug-likeness (QED) is 0.181. The molecule has 0 aromatic rings. The zero-order chi connectivity index (χ0) is 16.6. The minimum Gasteiger partial charge on any atom is -0.394 e. The molecule has 4 atom stereocenters. The fraction of sp³-hybridized carbons (Fsp3) is 0.900. The molecule has 0 aliphatic carbocycles. The lowest BCUT2D eigenvalue weighted by atomic mass is 10.0. The standard InChI is InChI=1S/C10H20ClN3O7/c1-13(10(20)14(12-21)3-2-11)4-6(16)8(18)9(19)7(17)5-15/h6-9,15-19H,2-5H2,1H3/t6-,7+,8+,9+/m0/s1. The molecule has 0 aliphatic rings. The van der Waals surface area contributed by atoms with Gasteiger partial charge in [-0.2, -0.15) is 5.01 Å². The second-order valence-electron chi connectivity index (χ2n) is 4.36. The molecule has 0 fully saturated rings. The second kappa shape index (κ2) is 9.82. The van der Waals surface area contributed by atoms with Crippen LogP contribution in [0.15, 0.2) is 5.29 Å². The molecule has 0 radical (unpaired) electrons. The van der Waals surface area contributed by atoms with Crippen molar-refractivity contribution in [1.82, 2.24) is 9.91 Å². The van der Waals surface area contributed by atoms with Gasteiger partial charge in [0, 0.05) is 12.9 Å². The van der Waals surface area contributed by atoms with E-state index in [1.54, 1.807) is 0 Å². The van der Waals surface area contributed by atoms with Crippen LogP contribution in [0, 0.1) is 4.91 Å². The average Bonchev–Trinajstić information content (AvgIpc) is 2.49. The maximum atomic E-state index is 11.7. The second-order valence-corrected chi connectivity index (χ2v) is 4.73. The van der Waals surface area contributed by atoms with Gasteiger partial charge in [0.25, 0.3) is 0 Å². The third-order valence-corrected chi connectivity index (χ3v) is 2.90. The lowest BCUT2D eigenvalue weighted by Gasteiger charge is -2.29. The van der Waals surface area contributed by atoms with Crippen molar-refractivity contribution in [1.29, 1.82) is 0 Å². The van der Waals surface area contributed by atoms with Crippen LogP contribution in [0.25, 0.3) is 0 Å². The number of aliphatic hydroxyl groups excluding tert-OH is 5. The number of aliphatic hydroxyl groups is 5. The number of amides is 2. The summed E-state index contributed by atoms with van der Waals surface area (Å²) in [5.41, 5.74) is 0. The first-order chi connectivity index (χ1) is 9.79. The molecule has 0 saturated heterocycles. The SMILES string of the molecule is CN(C[C@H](O)[C@@H](O)[C@H](O)[C@H](O)CO)C(=O)N(CCCl)N=O. The van der Waals surface area contributed by atoms with Crippen molar-refractivity contribution in [2.45, 2.75) is 24.4 Å². The molecule has 0 aromatic heterocycles. The van der Waals surface area contributed by atoms with E-state index in [0.29, 0.717) is 5.01 Å². The smallest absolute Gasteiger partial charge is 0.342 e. The van der Waals surface area contributed by atoms with Gasteiger partial charge in [-0.3, -0.25) is 0 Å². The van der Waals surface area contributed by atoms with Gasteiger partial charge in [0.05, 0.1) is 25.0 Å². The van der Waals surface area contributed by atoms with Crippen molar-refractivity contribution in [3.63, 3.8) is 0 Å². The van der Waals surface area contributed by atoms with Gasteiger partial charge in [-0.25, -0.2) is 4.79 Å². The van der Waals surface area contributed by atoms with E-state index in [-0.39, 0.29) is 12.4 Å². The van der Waals surface area contributed by atoms with Gasteiger partial charge in [-0.1, -0.05) is 0 Å². The number of carbonyl (C=O) groups is 1. The Balaban J connectivity index is 4.58. The number of hydrogen-bond donors (Lipinski definition) is 5. The lowest BCUT2D eigenvalue weighted by molar-refractivity contribution is -0.117. The minimum atomic E-state index is -1.80. The summed E-state index contributed by atoms with van der Waals surface area (Å²) in [6, 6.07) is -0.853. The summed E-state index contributed by atoms with van der Waals surface area (Å²) in [5, 5.41) is 49.5. The summed E-state index contributed by atoms with van der Waals surface area (Å²) in [5.74, 6) is -0.0160. The molecular weight excluding hydrogens is 310 g/mol. The Morgan fingerprint density at radius 2 is 1.71 bits per heavy atom. The molecule has 5 N–H and O–H groups in total. The van der Waals surface area contributed by atoms with Gasteiger partial charge in [0.2, 0.25) is 0 Å². The topological polar surface area (TPSA) is 154 Å². The Morgan fingerprint density at radius 1 is 1.19 bits per heavy atom. The fourth-order valence-corrected chi connectivity index (χ4v) is 1.64.